The number of benzene rings is 2. The fourth-order valence-corrected chi connectivity index (χ4v) is 3.55. The molecule has 2 aromatic carbocycles. The predicted octanol–water partition coefficient (Wildman–Crippen LogP) is 4.63. The van der Waals surface area contributed by atoms with Gasteiger partial charge in [-0.05, 0) is 42.1 Å². The summed E-state index contributed by atoms with van der Waals surface area (Å²) in [5, 5.41) is 2.86. The lowest BCUT2D eigenvalue weighted by Gasteiger charge is -2.14. The van der Waals surface area contributed by atoms with Gasteiger partial charge >= 0.3 is 0 Å². The van der Waals surface area contributed by atoms with E-state index in [0.717, 1.165) is 32.9 Å². The van der Waals surface area contributed by atoms with Gasteiger partial charge in [-0.1, -0.05) is 25.6 Å². The number of aromatic amines is 1. The Morgan fingerprint density at radius 3 is 2.36 bits per heavy atom. The fraction of sp³-hybridized carbons (Fsp3) is 0.217. The Morgan fingerprint density at radius 2 is 1.64 bits per heavy atom. The molecule has 0 atom stereocenters. The van der Waals surface area contributed by atoms with Crippen molar-refractivity contribution in [2.24, 2.45) is 0 Å². The van der Waals surface area contributed by atoms with Crippen molar-refractivity contribution >= 4 is 21.7 Å². The van der Waals surface area contributed by atoms with Crippen LogP contribution in [0.4, 0.5) is 0 Å². The summed E-state index contributed by atoms with van der Waals surface area (Å²) in [6, 6.07) is 13.7. The Bertz CT molecular complexity index is 1210. The predicted molar refractivity (Wildman–Crippen MR) is 114 cm³/mol. The summed E-state index contributed by atoms with van der Waals surface area (Å²) in [6.45, 7) is 1.89. The summed E-state index contributed by atoms with van der Waals surface area (Å²) >= 11 is 0. The number of nitrogens with zero attached hydrogens (tertiary/aromatic N) is 1. The average Bonchev–Trinajstić information content (AvgIpc) is 2.70. The van der Waals surface area contributed by atoms with Crippen molar-refractivity contribution in [3.63, 3.8) is 0 Å². The second-order valence-electron chi connectivity index (χ2n) is 6.47. The smallest absolute Gasteiger partial charge is 0.252 e. The minimum absolute atomic E-state index is 0. The highest BCUT2D eigenvalue weighted by Gasteiger charge is 2.15. The van der Waals surface area contributed by atoms with Crippen molar-refractivity contribution in [2.75, 3.05) is 14.2 Å². The molecule has 4 aromatic rings. The Labute approximate surface area is 164 Å². The van der Waals surface area contributed by atoms with Gasteiger partial charge in [-0.25, -0.2) is 0 Å². The molecule has 144 valence electrons. The van der Waals surface area contributed by atoms with E-state index in [1.807, 2.05) is 49.4 Å². The zero-order valence-electron chi connectivity index (χ0n) is 15.5. The fourth-order valence-electron chi connectivity index (χ4n) is 3.55. The zero-order valence-corrected chi connectivity index (χ0v) is 15.5. The molecule has 0 unspecified atom stereocenters. The van der Waals surface area contributed by atoms with Gasteiger partial charge in [0.05, 0.1) is 19.7 Å². The maximum absolute atomic E-state index is 12.8. The lowest BCUT2D eigenvalue weighted by atomic mass is 9.97. The highest BCUT2D eigenvalue weighted by molar-refractivity contribution is 5.91. The lowest BCUT2D eigenvalue weighted by Crippen LogP contribution is -2.15. The van der Waals surface area contributed by atoms with Crippen molar-refractivity contribution in [1.29, 1.82) is 0 Å². The van der Waals surface area contributed by atoms with Crippen LogP contribution in [0.5, 0.6) is 11.5 Å². The number of fused-ring (bicyclic) bond motifs is 2. The minimum Gasteiger partial charge on any atom is -0.493 e. The molecular formula is C23H24N2O3. The van der Waals surface area contributed by atoms with Gasteiger partial charge in [0.1, 0.15) is 0 Å². The van der Waals surface area contributed by atoms with Crippen molar-refractivity contribution in [3.8, 4) is 11.5 Å². The van der Waals surface area contributed by atoms with E-state index in [4.69, 9.17) is 9.47 Å². The Hall–Kier alpha value is -3.34. The summed E-state index contributed by atoms with van der Waals surface area (Å²) in [6.07, 6.45) is 2.29. The third kappa shape index (κ3) is 3.20. The summed E-state index contributed by atoms with van der Waals surface area (Å²) in [7, 11) is 3.20. The van der Waals surface area contributed by atoms with E-state index in [2.05, 4.69) is 9.97 Å². The molecule has 2 aromatic heterocycles. The molecule has 0 radical (unpaired) electrons. The van der Waals surface area contributed by atoms with Crippen LogP contribution in [0.15, 0.2) is 53.5 Å². The molecule has 0 aliphatic carbocycles. The standard InChI is InChI=1S/C22H20N2O3.CH4/c1-13-16-11-20(26-2)21(27-3)12-17(16)18(22(25)24-13)10-14-8-9-23-19-7-5-4-6-15(14)19;/h4-9,11-12H,10H2,1-3H3,(H,24,25);1H4. The number of aryl methyl sites for hydroxylation is 1. The molecule has 0 bridgehead atoms. The molecule has 0 aliphatic heterocycles. The second kappa shape index (κ2) is 7.72. The monoisotopic (exact) mass is 376 g/mol. The van der Waals surface area contributed by atoms with Crippen LogP contribution in [0, 0.1) is 6.92 Å². The number of hydrogen-bond donors (Lipinski definition) is 1. The molecule has 5 nitrogen and oxygen atoms in total. The molecule has 0 amide bonds. The number of nitrogens with one attached hydrogen (secondary N) is 1. The van der Waals surface area contributed by atoms with Crippen LogP contribution in [0.2, 0.25) is 0 Å². The van der Waals surface area contributed by atoms with Gasteiger partial charge in [-0.2, -0.15) is 0 Å². The summed E-state index contributed by atoms with van der Waals surface area (Å²) in [5.41, 5.74) is 3.40. The van der Waals surface area contributed by atoms with Gasteiger partial charge < -0.3 is 14.5 Å². The number of ether oxygens (including phenoxy) is 2. The topological polar surface area (TPSA) is 64.2 Å². The van der Waals surface area contributed by atoms with Gasteiger partial charge in [0.25, 0.3) is 5.56 Å². The van der Waals surface area contributed by atoms with Gasteiger partial charge in [0, 0.05) is 34.6 Å². The van der Waals surface area contributed by atoms with Gasteiger partial charge in [0.2, 0.25) is 0 Å². The van der Waals surface area contributed by atoms with Crippen LogP contribution in [0.25, 0.3) is 21.7 Å². The number of hydrogen-bond acceptors (Lipinski definition) is 4. The molecule has 1 N–H and O–H groups in total. The van der Waals surface area contributed by atoms with Crippen LogP contribution < -0.4 is 15.0 Å². The van der Waals surface area contributed by atoms with Crippen molar-refractivity contribution in [1.82, 2.24) is 9.97 Å². The number of para-hydroxylation sites is 1. The SMILES string of the molecule is C.COc1cc2c(C)[nH]c(=O)c(Cc3ccnc4ccccc34)c2cc1OC. The van der Waals surface area contributed by atoms with E-state index < -0.39 is 0 Å². The van der Waals surface area contributed by atoms with E-state index >= 15 is 0 Å². The molecule has 0 saturated heterocycles. The van der Waals surface area contributed by atoms with E-state index in [1.54, 1.807) is 20.4 Å². The van der Waals surface area contributed by atoms with Gasteiger partial charge in [-0.3, -0.25) is 9.78 Å². The maximum atomic E-state index is 12.8. The molecule has 5 heteroatoms. The maximum Gasteiger partial charge on any atom is 0.252 e. The molecular weight excluding hydrogens is 352 g/mol. The minimum atomic E-state index is -0.0897. The first-order valence-corrected chi connectivity index (χ1v) is 8.72. The molecule has 4 rings (SSSR count). The molecule has 0 spiro atoms. The van der Waals surface area contributed by atoms with E-state index in [0.29, 0.717) is 23.5 Å². The van der Waals surface area contributed by atoms with Crippen LogP contribution in [0.1, 0.15) is 24.2 Å². The van der Waals surface area contributed by atoms with Crippen LogP contribution in [-0.2, 0) is 6.42 Å². The number of methoxy groups -OCH3 is 2. The third-order valence-corrected chi connectivity index (χ3v) is 4.93. The lowest BCUT2D eigenvalue weighted by molar-refractivity contribution is 0.356. The summed E-state index contributed by atoms with van der Waals surface area (Å²) in [5.74, 6) is 1.25. The first-order chi connectivity index (χ1) is 13.1. The number of pyridine rings is 2. The quantitative estimate of drug-likeness (QED) is 0.564. The van der Waals surface area contributed by atoms with Crippen molar-refractivity contribution < 1.29 is 9.47 Å². The molecule has 0 fully saturated rings. The Balaban J connectivity index is 0.00000225. The highest BCUT2D eigenvalue weighted by atomic mass is 16.5. The van der Waals surface area contributed by atoms with Crippen LogP contribution in [0.3, 0.4) is 0 Å². The first kappa shape index (κ1) is 19.4. The number of aromatic nitrogens is 2. The molecule has 2 heterocycles. The van der Waals surface area contributed by atoms with Crippen LogP contribution in [-0.4, -0.2) is 24.2 Å². The molecule has 28 heavy (non-hydrogen) atoms. The van der Waals surface area contributed by atoms with E-state index in [-0.39, 0.29) is 13.0 Å². The second-order valence-corrected chi connectivity index (χ2v) is 6.47. The molecule has 0 aliphatic rings. The first-order valence-electron chi connectivity index (χ1n) is 8.72. The van der Waals surface area contributed by atoms with E-state index in [1.165, 1.54) is 0 Å². The van der Waals surface area contributed by atoms with Crippen LogP contribution >= 0.6 is 0 Å². The molecule has 0 saturated carbocycles. The van der Waals surface area contributed by atoms with Crippen molar-refractivity contribution in [3.05, 3.63) is 75.8 Å². The zero-order chi connectivity index (χ0) is 19.0. The summed E-state index contributed by atoms with van der Waals surface area (Å²) < 4.78 is 10.9. The van der Waals surface area contributed by atoms with E-state index in [9.17, 15) is 4.79 Å². The Kier molecular flexibility index (Phi) is 5.36. The Morgan fingerprint density at radius 1 is 0.964 bits per heavy atom. The highest BCUT2D eigenvalue weighted by Crippen LogP contribution is 2.34. The average molecular weight is 376 g/mol. The third-order valence-electron chi connectivity index (χ3n) is 4.93. The summed E-state index contributed by atoms with van der Waals surface area (Å²) in [4.78, 5) is 20.2. The largest absolute Gasteiger partial charge is 0.493 e. The van der Waals surface area contributed by atoms with Gasteiger partial charge in [0.15, 0.2) is 11.5 Å². The number of H-pyrrole nitrogens is 1. The van der Waals surface area contributed by atoms with Crippen molar-refractivity contribution in [2.45, 2.75) is 20.8 Å². The number of rotatable bonds is 4. The normalized spacial score (nSPS) is 10.7. The van der Waals surface area contributed by atoms with Gasteiger partial charge in [-0.15, -0.1) is 0 Å².